The fraction of sp³-hybridized carbons (Fsp3) is 0.318. The summed E-state index contributed by atoms with van der Waals surface area (Å²) in [5.41, 5.74) is 1.08. The molecule has 0 saturated carbocycles. The lowest BCUT2D eigenvalue weighted by Crippen LogP contribution is -2.37. The predicted octanol–water partition coefficient (Wildman–Crippen LogP) is 5.30. The van der Waals surface area contributed by atoms with E-state index in [-0.39, 0.29) is 18.7 Å². The molecule has 0 spiro atoms. The first-order valence-corrected chi connectivity index (χ1v) is 11.9. The Hall–Kier alpha value is -2.30. The van der Waals surface area contributed by atoms with Crippen molar-refractivity contribution in [3.63, 3.8) is 0 Å². The molecule has 0 N–H and O–H groups in total. The monoisotopic (exact) mass is 509 g/mol. The smallest absolute Gasteiger partial charge is 0.302 e. The van der Waals surface area contributed by atoms with E-state index in [1.807, 2.05) is 48.5 Å². The van der Waals surface area contributed by atoms with Crippen LogP contribution < -0.4 is 4.84 Å². The number of rotatable bonds is 10. The SMILES string of the molecule is O=[N+]([O-])Oc1nccn1CC1(CCc2ccc(Cl)cc2)OCC(CSc2ccc(Cl)cc2)O1. The molecular weight excluding hydrogens is 489 g/mol. The van der Waals surface area contributed by atoms with E-state index < -0.39 is 10.9 Å². The Kier molecular flexibility index (Phi) is 7.77. The molecule has 2 unspecified atom stereocenters. The van der Waals surface area contributed by atoms with Crippen molar-refractivity contribution in [1.82, 2.24) is 9.55 Å². The lowest BCUT2D eigenvalue weighted by atomic mass is 10.0. The van der Waals surface area contributed by atoms with Gasteiger partial charge in [0.1, 0.15) is 0 Å². The first-order chi connectivity index (χ1) is 15.9. The Morgan fingerprint density at radius 1 is 1.18 bits per heavy atom. The van der Waals surface area contributed by atoms with Crippen LogP contribution in [0.4, 0.5) is 0 Å². The molecule has 0 bridgehead atoms. The molecule has 0 radical (unpaired) electrons. The first kappa shape index (κ1) is 23.8. The highest BCUT2D eigenvalue weighted by molar-refractivity contribution is 7.99. The van der Waals surface area contributed by atoms with E-state index in [2.05, 4.69) is 9.82 Å². The third-order valence-electron chi connectivity index (χ3n) is 5.12. The molecule has 1 fully saturated rings. The fourth-order valence-electron chi connectivity index (χ4n) is 3.54. The standard InChI is InChI=1S/C22H21Cl2N3O5S/c23-17-3-1-16(2-4-17)9-10-22(15-26-12-11-25-21(26)32-27(28)29)30-13-19(31-22)14-33-20-7-5-18(24)6-8-20/h1-8,11-12,19H,9-10,13-15H2. The van der Waals surface area contributed by atoms with Gasteiger partial charge in [0.2, 0.25) is 0 Å². The van der Waals surface area contributed by atoms with Gasteiger partial charge in [0.05, 0.1) is 19.3 Å². The average Bonchev–Trinajstić information content (AvgIpc) is 3.40. The van der Waals surface area contributed by atoms with Crippen molar-refractivity contribution in [3.05, 3.63) is 86.6 Å². The summed E-state index contributed by atoms with van der Waals surface area (Å²) in [6.45, 7) is 0.604. The van der Waals surface area contributed by atoms with E-state index in [1.165, 1.54) is 10.8 Å². The minimum Gasteiger partial charge on any atom is -0.345 e. The highest BCUT2D eigenvalue weighted by Crippen LogP contribution is 2.34. The van der Waals surface area contributed by atoms with Gasteiger partial charge in [-0.2, -0.15) is 0 Å². The van der Waals surface area contributed by atoms with Crippen molar-refractivity contribution in [1.29, 1.82) is 0 Å². The molecular formula is C22H21Cl2N3O5S. The summed E-state index contributed by atoms with van der Waals surface area (Å²) in [6, 6.07) is 15.1. The van der Waals surface area contributed by atoms with E-state index in [0.717, 1.165) is 10.5 Å². The molecule has 2 aromatic carbocycles. The number of aryl methyl sites for hydroxylation is 1. The Morgan fingerprint density at radius 2 is 1.88 bits per heavy atom. The summed E-state index contributed by atoms with van der Waals surface area (Å²) in [4.78, 5) is 20.4. The third-order valence-corrected chi connectivity index (χ3v) is 6.76. The lowest BCUT2D eigenvalue weighted by Gasteiger charge is -2.29. The number of nitrogens with zero attached hydrogens (tertiary/aromatic N) is 3. The van der Waals surface area contributed by atoms with Crippen LogP contribution in [0.2, 0.25) is 10.0 Å². The van der Waals surface area contributed by atoms with Crippen molar-refractivity contribution >= 4 is 35.0 Å². The van der Waals surface area contributed by atoms with Gasteiger partial charge in [-0.15, -0.1) is 21.9 Å². The van der Waals surface area contributed by atoms with Gasteiger partial charge in [-0.25, -0.2) is 9.82 Å². The number of benzene rings is 2. The van der Waals surface area contributed by atoms with Crippen molar-refractivity contribution in [3.8, 4) is 6.01 Å². The number of aromatic nitrogens is 2. The van der Waals surface area contributed by atoms with Crippen molar-refractivity contribution < 1.29 is 19.4 Å². The highest BCUT2D eigenvalue weighted by atomic mass is 35.5. The Labute approximate surface area is 204 Å². The number of ether oxygens (including phenoxy) is 2. The minimum absolute atomic E-state index is 0.128. The van der Waals surface area contributed by atoms with E-state index in [9.17, 15) is 10.1 Å². The third kappa shape index (κ3) is 6.61. The van der Waals surface area contributed by atoms with E-state index in [1.54, 1.807) is 18.0 Å². The topological polar surface area (TPSA) is 88.7 Å². The van der Waals surface area contributed by atoms with Crippen LogP contribution in [-0.4, -0.2) is 38.9 Å². The first-order valence-electron chi connectivity index (χ1n) is 10.2. The normalized spacial score (nSPS) is 20.1. The molecule has 0 aliphatic carbocycles. The fourth-order valence-corrected chi connectivity index (χ4v) is 4.66. The van der Waals surface area contributed by atoms with Crippen molar-refractivity contribution in [2.24, 2.45) is 0 Å². The Bertz CT molecular complexity index is 1080. The molecule has 3 aromatic rings. The zero-order valence-electron chi connectivity index (χ0n) is 17.4. The van der Waals surface area contributed by atoms with Gasteiger partial charge in [0.15, 0.2) is 5.79 Å². The summed E-state index contributed by atoms with van der Waals surface area (Å²) in [6.07, 6.45) is 4.10. The Morgan fingerprint density at radius 3 is 2.58 bits per heavy atom. The predicted molar refractivity (Wildman–Crippen MR) is 125 cm³/mol. The zero-order chi connectivity index (χ0) is 23.3. The molecule has 4 rings (SSSR count). The van der Waals surface area contributed by atoms with Crippen LogP contribution in [0.5, 0.6) is 6.01 Å². The van der Waals surface area contributed by atoms with Crippen LogP contribution in [0.1, 0.15) is 12.0 Å². The molecule has 8 nitrogen and oxygen atoms in total. The van der Waals surface area contributed by atoms with Gasteiger partial charge in [0.25, 0.3) is 6.01 Å². The second kappa shape index (κ2) is 10.8. The molecule has 174 valence electrons. The molecule has 0 amide bonds. The minimum atomic E-state index is -0.986. The maximum atomic E-state index is 10.8. The number of hydrogen-bond acceptors (Lipinski definition) is 7. The Balaban J connectivity index is 1.46. The van der Waals surface area contributed by atoms with E-state index in [0.29, 0.717) is 35.2 Å². The summed E-state index contributed by atoms with van der Waals surface area (Å²) >= 11 is 13.6. The van der Waals surface area contributed by atoms with Gasteiger partial charge >= 0.3 is 5.09 Å². The van der Waals surface area contributed by atoms with Crippen LogP contribution in [0.3, 0.4) is 0 Å². The maximum Gasteiger partial charge on any atom is 0.302 e. The number of imidazole rings is 1. The molecule has 2 atom stereocenters. The second-order valence-corrected chi connectivity index (χ2v) is 9.47. The van der Waals surface area contributed by atoms with Crippen LogP contribution in [0.15, 0.2) is 65.8 Å². The molecule has 11 heteroatoms. The summed E-state index contributed by atoms with van der Waals surface area (Å²) in [7, 11) is 0. The number of hydrogen-bond donors (Lipinski definition) is 0. The summed E-state index contributed by atoms with van der Waals surface area (Å²) in [5.74, 6) is -0.299. The summed E-state index contributed by atoms with van der Waals surface area (Å²) < 4.78 is 14.1. The van der Waals surface area contributed by atoms with Crippen LogP contribution >= 0.6 is 35.0 Å². The van der Waals surface area contributed by atoms with Crippen LogP contribution in [0, 0.1) is 10.1 Å². The number of halogens is 2. The molecule has 1 saturated heterocycles. The quantitative estimate of drug-likeness (QED) is 0.208. The largest absolute Gasteiger partial charge is 0.345 e. The van der Waals surface area contributed by atoms with E-state index >= 15 is 0 Å². The van der Waals surface area contributed by atoms with Crippen molar-refractivity contribution in [2.75, 3.05) is 12.4 Å². The lowest BCUT2D eigenvalue weighted by molar-refractivity contribution is -0.713. The molecule has 1 aromatic heterocycles. The van der Waals surface area contributed by atoms with Crippen LogP contribution in [0.25, 0.3) is 0 Å². The van der Waals surface area contributed by atoms with Gasteiger partial charge in [-0.1, -0.05) is 35.3 Å². The molecule has 1 aliphatic rings. The van der Waals surface area contributed by atoms with Crippen molar-refractivity contribution in [2.45, 2.75) is 36.2 Å². The van der Waals surface area contributed by atoms with Gasteiger partial charge in [0, 0.05) is 39.5 Å². The molecule has 2 heterocycles. The zero-order valence-corrected chi connectivity index (χ0v) is 19.8. The van der Waals surface area contributed by atoms with Crippen LogP contribution in [-0.2, 0) is 22.4 Å². The van der Waals surface area contributed by atoms with E-state index in [4.69, 9.17) is 32.7 Å². The average molecular weight is 510 g/mol. The van der Waals surface area contributed by atoms with Gasteiger partial charge in [-0.3, -0.25) is 0 Å². The molecule has 33 heavy (non-hydrogen) atoms. The van der Waals surface area contributed by atoms with Gasteiger partial charge < -0.3 is 14.0 Å². The molecule has 1 aliphatic heterocycles. The summed E-state index contributed by atoms with van der Waals surface area (Å²) in [5, 5.41) is 11.3. The number of thioether (sulfide) groups is 1. The highest BCUT2D eigenvalue weighted by Gasteiger charge is 2.42. The maximum absolute atomic E-state index is 10.8. The van der Waals surface area contributed by atoms with Gasteiger partial charge in [-0.05, 0) is 48.4 Å². The second-order valence-electron chi connectivity index (χ2n) is 7.51.